The van der Waals surface area contributed by atoms with Crippen LogP contribution in [-0.2, 0) is 9.36 Å². The van der Waals surface area contributed by atoms with Crippen LogP contribution in [0.1, 0.15) is 5.56 Å². The second-order valence-electron chi connectivity index (χ2n) is 6.99. The van der Waals surface area contributed by atoms with E-state index in [0.29, 0.717) is 22.1 Å². The second kappa shape index (κ2) is 9.48. The molecule has 2 N–H and O–H groups in total. The minimum atomic E-state index is -3.77. The predicted octanol–water partition coefficient (Wildman–Crippen LogP) is 4.37. The first-order valence-electron chi connectivity index (χ1n) is 9.14. The molecule has 1 aliphatic carbocycles. The van der Waals surface area contributed by atoms with E-state index in [-0.39, 0.29) is 11.2 Å². The van der Waals surface area contributed by atoms with E-state index in [2.05, 4.69) is 5.32 Å². The van der Waals surface area contributed by atoms with Crippen LogP contribution in [-0.4, -0.2) is 42.6 Å². The third-order valence-corrected chi connectivity index (χ3v) is 7.72. The van der Waals surface area contributed by atoms with Crippen LogP contribution < -0.4 is 14.8 Å². The topological polar surface area (TPSA) is 84.9 Å². The largest absolute Gasteiger partial charge is 0.497 e. The molecule has 6 nitrogen and oxygen atoms in total. The highest BCUT2D eigenvalue weighted by atomic mass is 35.5. The molecule has 0 spiro atoms. The van der Waals surface area contributed by atoms with Crippen LogP contribution in [0.5, 0.6) is 11.5 Å². The molecule has 4 unspecified atom stereocenters. The van der Waals surface area contributed by atoms with Crippen molar-refractivity contribution >= 4 is 42.7 Å². The number of benzene rings is 1. The fourth-order valence-electron chi connectivity index (χ4n) is 3.40. The smallest absolute Gasteiger partial charge is 0.240 e. The van der Waals surface area contributed by atoms with Crippen molar-refractivity contribution in [2.75, 3.05) is 20.9 Å². The number of amides is 1. The summed E-state index contributed by atoms with van der Waals surface area (Å²) in [4.78, 5) is 23.2. The summed E-state index contributed by atoms with van der Waals surface area (Å²) in [6.07, 6.45) is 8.69. The summed E-state index contributed by atoms with van der Waals surface area (Å²) in [6.45, 7) is 1.21. The van der Waals surface area contributed by atoms with E-state index in [9.17, 15) is 14.3 Å². The maximum Gasteiger partial charge on any atom is 0.240 e. The number of hydrogen-bond donors (Lipinski definition) is 2. The Morgan fingerprint density at radius 1 is 1.30 bits per heavy atom. The van der Waals surface area contributed by atoms with E-state index in [1.165, 1.54) is 24.6 Å². The lowest BCUT2D eigenvalue weighted by atomic mass is 9.90. The number of allylic oxidation sites excluding steroid dienone is 3. The number of methoxy groups -OCH3 is 2. The van der Waals surface area contributed by atoms with E-state index in [1.807, 2.05) is 12.2 Å². The van der Waals surface area contributed by atoms with Gasteiger partial charge in [0.05, 0.1) is 14.2 Å². The van der Waals surface area contributed by atoms with E-state index in [1.54, 1.807) is 50.0 Å². The minimum Gasteiger partial charge on any atom is -0.497 e. The van der Waals surface area contributed by atoms with Gasteiger partial charge in [-0.1, -0.05) is 23.8 Å². The third kappa shape index (κ3) is 5.22. The number of thioether (sulfide) groups is 1. The molecule has 0 saturated carbocycles. The van der Waals surface area contributed by atoms with Crippen molar-refractivity contribution in [2.45, 2.75) is 10.9 Å². The highest BCUT2D eigenvalue weighted by Crippen LogP contribution is 2.53. The van der Waals surface area contributed by atoms with Gasteiger partial charge in [0.2, 0.25) is 13.3 Å². The number of ether oxygens (including phenoxy) is 2. The second-order valence-corrected chi connectivity index (χ2v) is 10.9. The molecule has 2 aliphatic rings. The molecule has 0 bridgehead atoms. The molecule has 1 aliphatic heterocycles. The van der Waals surface area contributed by atoms with Gasteiger partial charge in [0.25, 0.3) is 0 Å². The van der Waals surface area contributed by atoms with Crippen LogP contribution in [0, 0.1) is 5.92 Å². The highest BCUT2D eigenvalue weighted by Gasteiger charge is 2.43. The monoisotopic (exact) mass is 467 g/mol. The van der Waals surface area contributed by atoms with Gasteiger partial charge in [-0.3, -0.25) is 9.36 Å². The molecular formula is C21H23ClNO5PS. The Bertz CT molecular complexity index is 975. The van der Waals surface area contributed by atoms with Gasteiger partial charge in [0.15, 0.2) is 0 Å². The summed E-state index contributed by atoms with van der Waals surface area (Å²) < 4.78 is 23.1. The molecule has 4 atom stereocenters. The van der Waals surface area contributed by atoms with Gasteiger partial charge >= 0.3 is 0 Å². The first-order valence-corrected chi connectivity index (χ1v) is 12.6. The Hall–Kier alpha value is -1.92. The zero-order chi connectivity index (χ0) is 21.9. The molecule has 0 saturated heterocycles. The number of nitrogens with one attached hydrogen (secondary N) is 1. The van der Waals surface area contributed by atoms with Crippen molar-refractivity contribution in [1.29, 1.82) is 0 Å². The Morgan fingerprint density at radius 2 is 1.97 bits per heavy atom. The Kier molecular flexibility index (Phi) is 7.19. The lowest BCUT2D eigenvalue weighted by molar-refractivity contribution is -0.119. The zero-order valence-electron chi connectivity index (χ0n) is 16.7. The van der Waals surface area contributed by atoms with Gasteiger partial charge in [0.1, 0.15) is 17.2 Å². The Morgan fingerprint density at radius 3 is 2.57 bits per heavy atom. The number of carbonyl (C=O) groups excluding carboxylic acids is 1. The van der Waals surface area contributed by atoms with Crippen LogP contribution in [0.4, 0.5) is 0 Å². The van der Waals surface area contributed by atoms with Gasteiger partial charge in [-0.2, -0.15) is 0 Å². The van der Waals surface area contributed by atoms with Crippen LogP contribution in [0.2, 0.25) is 0 Å². The van der Waals surface area contributed by atoms with E-state index in [4.69, 9.17) is 21.1 Å². The third-order valence-electron chi connectivity index (χ3n) is 4.80. The molecule has 1 aromatic rings. The molecule has 1 amide bonds. The molecule has 0 aromatic heterocycles. The van der Waals surface area contributed by atoms with Crippen molar-refractivity contribution in [3.8, 4) is 11.5 Å². The lowest BCUT2D eigenvalue weighted by Gasteiger charge is -2.26. The Balaban J connectivity index is 1.79. The summed E-state index contributed by atoms with van der Waals surface area (Å²) in [5.74, 6) is 0.496. The molecule has 0 radical (unpaired) electrons. The molecule has 1 aromatic carbocycles. The minimum absolute atomic E-state index is 0.0733. The average molecular weight is 468 g/mol. The van der Waals surface area contributed by atoms with Gasteiger partial charge < -0.3 is 19.7 Å². The van der Waals surface area contributed by atoms with Gasteiger partial charge in [-0.25, -0.2) is 0 Å². The van der Waals surface area contributed by atoms with Crippen molar-refractivity contribution in [3.05, 3.63) is 64.2 Å². The van der Waals surface area contributed by atoms with Crippen LogP contribution in [0.3, 0.4) is 0 Å². The number of rotatable bonds is 7. The molecule has 0 fully saturated rings. The van der Waals surface area contributed by atoms with Crippen molar-refractivity contribution in [3.63, 3.8) is 0 Å². The van der Waals surface area contributed by atoms with Crippen molar-refractivity contribution < 1.29 is 23.7 Å². The van der Waals surface area contributed by atoms with Gasteiger partial charge in [-0.05, 0) is 40.8 Å². The zero-order valence-corrected chi connectivity index (χ0v) is 19.2. The number of carbonyl (C=O) groups is 1. The first kappa shape index (κ1) is 22.8. The summed E-state index contributed by atoms with van der Waals surface area (Å²) >= 11 is 7.64. The van der Waals surface area contributed by atoms with Gasteiger partial charge in [0, 0.05) is 35.1 Å². The normalized spacial score (nSPS) is 23.2. The number of halogens is 1. The molecule has 3 rings (SSSR count). The summed E-state index contributed by atoms with van der Waals surface area (Å²) in [5, 5.41) is 5.07. The molecule has 1 heterocycles. The Labute approximate surface area is 185 Å². The quantitative estimate of drug-likeness (QED) is 0.579. The van der Waals surface area contributed by atoms with Crippen LogP contribution in [0.25, 0.3) is 6.08 Å². The molecule has 30 heavy (non-hydrogen) atoms. The molecule has 9 heteroatoms. The van der Waals surface area contributed by atoms with E-state index >= 15 is 0 Å². The first-order chi connectivity index (χ1) is 14.2. The molecule has 160 valence electrons. The molecular weight excluding hydrogens is 445 g/mol. The number of hydrogen-bond acceptors (Lipinski definition) is 5. The van der Waals surface area contributed by atoms with Gasteiger partial charge in [-0.15, -0.1) is 11.8 Å². The van der Waals surface area contributed by atoms with Crippen molar-refractivity contribution in [1.82, 2.24) is 5.32 Å². The predicted molar refractivity (Wildman–Crippen MR) is 122 cm³/mol. The summed E-state index contributed by atoms with van der Waals surface area (Å²) in [6, 6.07) is 5.30. The van der Waals surface area contributed by atoms with Crippen molar-refractivity contribution in [2.24, 2.45) is 5.92 Å². The maximum atomic E-state index is 12.9. The highest BCUT2D eigenvalue weighted by molar-refractivity contribution is 8.03. The van der Waals surface area contributed by atoms with Crippen LogP contribution >= 0.6 is 30.7 Å². The summed E-state index contributed by atoms with van der Waals surface area (Å²) in [7, 11) is -0.662. The van der Waals surface area contributed by atoms with E-state index in [0.717, 1.165) is 5.56 Å². The SMILES string of the molecule is COc1cc(/C=C/NC(=O)C(C2=CSC3C=CC(Cl)=CC23)P(C)(=O)O)cc(OC)c1. The lowest BCUT2D eigenvalue weighted by Crippen LogP contribution is -2.35. The fourth-order valence-corrected chi connectivity index (χ4v) is 6.20. The average Bonchev–Trinajstić information content (AvgIpc) is 3.09. The maximum absolute atomic E-state index is 12.9. The fraction of sp³-hybridized carbons (Fsp3) is 0.286. The summed E-state index contributed by atoms with van der Waals surface area (Å²) in [5.41, 5.74) is 0.195. The van der Waals surface area contributed by atoms with E-state index < -0.39 is 18.9 Å². The standard InChI is InChI=1S/C21H23ClNO5PS/c1-27-15-8-13(9-16(11-15)28-2)6-7-23-21(24)20(29(3,25)26)18-12-30-19-5-4-14(22)10-17(18)19/h4-12,17,19-20H,1-3H3,(H,23,24)(H,25,26)/b7-6+. The van der Waals surface area contributed by atoms with Crippen LogP contribution in [0.15, 0.2) is 58.6 Å². The number of fused-ring (bicyclic) bond motifs is 1.